The molecule has 0 heterocycles. The second-order valence-electron chi connectivity index (χ2n) is 3.42. The molecule has 0 saturated heterocycles. The third-order valence-corrected chi connectivity index (χ3v) is 2.66. The molecule has 2 N–H and O–H groups in total. The van der Waals surface area contributed by atoms with Crippen molar-refractivity contribution in [3.05, 3.63) is 28.2 Å². The van der Waals surface area contributed by atoms with E-state index in [4.69, 9.17) is 5.73 Å². The number of hydrogen-bond donors (Lipinski definition) is 1. The molecule has 1 rings (SSSR count). The zero-order valence-electron chi connectivity index (χ0n) is 8.96. The summed E-state index contributed by atoms with van der Waals surface area (Å²) in [4.78, 5) is 12.9. The van der Waals surface area contributed by atoms with Crippen LogP contribution in [0.5, 0.6) is 0 Å². The van der Waals surface area contributed by atoms with Crippen molar-refractivity contribution in [3.63, 3.8) is 0 Å². The topological polar surface area (TPSA) is 46.3 Å². The molecule has 15 heavy (non-hydrogen) atoms. The molecule has 0 aliphatic carbocycles. The van der Waals surface area contributed by atoms with Crippen molar-refractivity contribution in [3.8, 4) is 0 Å². The number of carbonyl (C=O) groups excluding carboxylic acids is 1. The average molecular weight is 271 g/mol. The molecule has 0 atom stereocenters. The van der Waals surface area contributed by atoms with Crippen LogP contribution in [0.15, 0.2) is 22.7 Å². The van der Waals surface area contributed by atoms with E-state index in [1.807, 2.05) is 32.0 Å². The van der Waals surface area contributed by atoms with Gasteiger partial charge in [-0.1, -0.05) is 22.9 Å². The monoisotopic (exact) mass is 270 g/mol. The molecule has 0 aliphatic rings. The van der Waals surface area contributed by atoms with Crippen LogP contribution < -0.4 is 10.6 Å². The molecule has 0 fully saturated rings. The summed E-state index contributed by atoms with van der Waals surface area (Å²) in [6.45, 7) is 4.63. The number of nitrogens with two attached hydrogens (primary N) is 1. The molecule has 0 radical (unpaired) electrons. The van der Waals surface area contributed by atoms with E-state index >= 15 is 0 Å². The summed E-state index contributed by atoms with van der Waals surface area (Å²) in [6.07, 6.45) is 0.887. The molecule has 1 aromatic rings. The quantitative estimate of drug-likeness (QED) is 0.902. The van der Waals surface area contributed by atoms with Crippen molar-refractivity contribution in [1.82, 2.24) is 0 Å². The van der Waals surface area contributed by atoms with Gasteiger partial charge in [0.2, 0.25) is 0 Å². The molecule has 4 heteroatoms. The number of amides is 2. The van der Waals surface area contributed by atoms with Crippen molar-refractivity contribution in [2.75, 3.05) is 11.4 Å². The maximum Gasteiger partial charge on any atom is 0.319 e. The van der Waals surface area contributed by atoms with Gasteiger partial charge in [0.15, 0.2) is 0 Å². The molecule has 3 nitrogen and oxygen atoms in total. The third kappa shape index (κ3) is 2.96. The molecule has 0 aromatic heterocycles. The predicted molar refractivity (Wildman–Crippen MR) is 66.1 cm³/mol. The molecular weight excluding hydrogens is 256 g/mol. The Morgan fingerprint density at radius 1 is 1.53 bits per heavy atom. The van der Waals surface area contributed by atoms with Gasteiger partial charge in [-0.3, -0.25) is 4.90 Å². The minimum atomic E-state index is -0.401. The number of rotatable bonds is 3. The van der Waals surface area contributed by atoms with Crippen LogP contribution in [-0.2, 0) is 0 Å². The van der Waals surface area contributed by atoms with Gasteiger partial charge in [-0.05, 0) is 37.1 Å². The van der Waals surface area contributed by atoms with Gasteiger partial charge >= 0.3 is 6.03 Å². The molecule has 2 amide bonds. The lowest BCUT2D eigenvalue weighted by molar-refractivity contribution is 0.254. The number of anilines is 1. The summed E-state index contributed by atoms with van der Waals surface area (Å²) in [5.41, 5.74) is 7.26. The summed E-state index contributed by atoms with van der Waals surface area (Å²) in [7, 11) is 0. The van der Waals surface area contributed by atoms with Gasteiger partial charge in [-0.2, -0.15) is 0 Å². The first kappa shape index (κ1) is 12.0. The van der Waals surface area contributed by atoms with Crippen molar-refractivity contribution >= 4 is 27.6 Å². The van der Waals surface area contributed by atoms with Crippen LogP contribution in [-0.4, -0.2) is 12.6 Å². The Hall–Kier alpha value is -1.03. The number of hydrogen-bond acceptors (Lipinski definition) is 1. The van der Waals surface area contributed by atoms with E-state index in [1.54, 1.807) is 4.90 Å². The van der Waals surface area contributed by atoms with Crippen LogP contribution in [0.1, 0.15) is 18.9 Å². The summed E-state index contributed by atoms with van der Waals surface area (Å²) >= 11 is 3.39. The van der Waals surface area contributed by atoms with Crippen LogP contribution in [0, 0.1) is 6.92 Å². The Balaban J connectivity index is 3.05. The van der Waals surface area contributed by atoms with Gasteiger partial charge in [0, 0.05) is 16.7 Å². The lowest BCUT2D eigenvalue weighted by atomic mass is 10.2. The van der Waals surface area contributed by atoms with E-state index in [9.17, 15) is 4.79 Å². The zero-order chi connectivity index (χ0) is 11.4. The fourth-order valence-corrected chi connectivity index (χ4v) is 1.97. The number of nitrogens with zero attached hydrogens (tertiary/aromatic N) is 1. The minimum absolute atomic E-state index is 0.401. The summed E-state index contributed by atoms with van der Waals surface area (Å²) in [5.74, 6) is 0. The van der Waals surface area contributed by atoms with Gasteiger partial charge in [-0.25, -0.2) is 4.79 Å². The van der Waals surface area contributed by atoms with E-state index in [2.05, 4.69) is 15.9 Å². The van der Waals surface area contributed by atoms with Crippen molar-refractivity contribution in [1.29, 1.82) is 0 Å². The maximum absolute atomic E-state index is 11.3. The molecule has 82 valence electrons. The Labute approximate surface area is 98.4 Å². The van der Waals surface area contributed by atoms with E-state index in [-0.39, 0.29) is 0 Å². The van der Waals surface area contributed by atoms with Gasteiger partial charge in [-0.15, -0.1) is 0 Å². The van der Waals surface area contributed by atoms with E-state index < -0.39 is 6.03 Å². The second kappa shape index (κ2) is 5.16. The molecule has 0 bridgehead atoms. The number of halogens is 1. The number of aryl methyl sites for hydroxylation is 1. The van der Waals surface area contributed by atoms with E-state index in [0.717, 1.165) is 22.1 Å². The Bertz CT molecular complexity index is 366. The highest BCUT2D eigenvalue weighted by Gasteiger charge is 2.13. The minimum Gasteiger partial charge on any atom is -0.351 e. The fraction of sp³-hybridized carbons (Fsp3) is 0.364. The van der Waals surface area contributed by atoms with Crippen molar-refractivity contribution in [2.24, 2.45) is 5.73 Å². The zero-order valence-corrected chi connectivity index (χ0v) is 10.5. The number of carbonyl (C=O) groups is 1. The first-order chi connectivity index (χ1) is 7.06. The molecule has 0 saturated carbocycles. The van der Waals surface area contributed by atoms with Gasteiger partial charge in [0.1, 0.15) is 0 Å². The van der Waals surface area contributed by atoms with Crippen molar-refractivity contribution < 1.29 is 4.79 Å². The Kier molecular flexibility index (Phi) is 4.15. The molecular formula is C11H15BrN2O. The number of primary amides is 1. The highest BCUT2D eigenvalue weighted by Crippen LogP contribution is 2.23. The van der Waals surface area contributed by atoms with Crippen LogP contribution in [0.25, 0.3) is 0 Å². The van der Waals surface area contributed by atoms with Gasteiger partial charge in [0.05, 0.1) is 0 Å². The Morgan fingerprint density at radius 2 is 2.20 bits per heavy atom. The molecule has 0 aliphatic heterocycles. The number of urea groups is 1. The van der Waals surface area contributed by atoms with Crippen LogP contribution in [0.4, 0.5) is 10.5 Å². The van der Waals surface area contributed by atoms with Crippen LogP contribution in [0.3, 0.4) is 0 Å². The first-order valence-corrected chi connectivity index (χ1v) is 5.68. The lowest BCUT2D eigenvalue weighted by Crippen LogP contribution is -2.36. The smallest absolute Gasteiger partial charge is 0.319 e. The second-order valence-corrected chi connectivity index (χ2v) is 4.34. The van der Waals surface area contributed by atoms with E-state index in [0.29, 0.717) is 6.54 Å². The summed E-state index contributed by atoms with van der Waals surface area (Å²) < 4.78 is 1.00. The predicted octanol–water partition coefficient (Wildman–Crippen LogP) is 3.05. The SMILES string of the molecule is CCCN(C(N)=O)c1ccc(Br)cc1C. The maximum atomic E-state index is 11.3. The highest BCUT2D eigenvalue weighted by molar-refractivity contribution is 9.10. The summed E-state index contributed by atoms with van der Waals surface area (Å²) in [5, 5.41) is 0. The van der Waals surface area contributed by atoms with E-state index in [1.165, 1.54) is 0 Å². The highest BCUT2D eigenvalue weighted by atomic mass is 79.9. The molecule has 0 unspecified atom stereocenters. The largest absolute Gasteiger partial charge is 0.351 e. The Morgan fingerprint density at radius 3 is 2.67 bits per heavy atom. The molecule has 1 aromatic carbocycles. The van der Waals surface area contributed by atoms with Crippen molar-refractivity contribution in [2.45, 2.75) is 20.3 Å². The third-order valence-electron chi connectivity index (χ3n) is 2.16. The lowest BCUT2D eigenvalue weighted by Gasteiger charge is -2.21. The van der Waals surface area contributed by atoms with Crippen LogP contribution >= 0.6 is 15.9 Å². The number of benzene rings is 1. The van der Waals surface area contributed by atoms with Gasteiger partial charge in [0.25, 0.3) is 0 Å². The normalized spacial score (nSPS) is 10.1. The standard InChI is InChI=1S/C11H15BrN2O/c1-3-6-14(11(13)15)10-5-4-9(12)7-8(10)2/h4-5,7H,3,6H2,1-2H3,(H2,13,15). The first-order valence-electron chi connectivity index (χ1n) is 4.89. The van der Waals surface area contributed by atoms with Crippen LogP contribution in [0.2, 0.25) is 0 Å². The van der Waals surface area contributed by atoms with Gasteiger partial charge < -0.3 is 5.73 Å². The molecule has 0 spiro atoms. The fourth-order valence-electron chi connectivity index (χ4n) is 1.49. The summed E-state index contributed by atoms with van der Waals surface area (Å²) in [6, 6.07) is 5.39. The average Bonchev–Trinajstić information content (AvgIpc) is 2.15.